The van der Waals surface area contributed by atoms with E-state index >= 15 is 0 Å². The van der Waals surface area contributed by atoms with E-state index in [1.165, 1.54) is 12.0 Å². The van der Waals surface area contributed by atoms with Crippen LogP contribution in [-0.2, 0) is 14.4 Å². The average Bonchev–Trinajstić information content (AvgIpc) is 3.35. The minimum Gasteiger partial charge on any atom is -0.497 e. The number of carbonyl (C=O) groups is 2. The van der Waals surface area contributed by atoms with Crippen LogP contribution in [0.3, 0.4) is 0 Å². The lowest BCUT2D eigenvalue weighted by atomic mass is 9.90. The highest BCUT2D eigenvalue weighted by molar-refractivity contribution is 6.24. The number of hydrogen-bond donors (Lipinski definition) is 0. The van der Waals surface area contributed by atoms with Crippen LogP contribution in [0.15, 0.2) is 78.9 Å². The zero-order valence-corrected chi connectivity index (χ0v) is 17.2. The maximum Gasteiger partial charge on any atom is 0.266 e. The van der Waals surface area contributed by atoms with E-state index < -0.39 is 24.0 Å². The monoisotopic (exact) mass is 425 g/mol. The molecule has 0 aromatic heterocycles. The lowest BCUT2D eigenvalue weighted by Crippen LogP contribution is -2.37. The van der Waals surface area contributed by atoms with Crippen LogP contribution >= 0.6 is 0 Å². The molecule has 0 radical (unpaired) electrons. The molecule has 3 aromatic carbocycles. The minimum absolute atomic E-state index is 0.332. The summed E-state index contributed by atoms with van der Waals surface area (Å²) in [6.07, 6.45) is -0.949. The Morgan fingerprint density at radius 1 is 0.906 bits per heavy atom. The fourth-order valence-corrected chi connectivity index (χ4v) is 4.31. The number of imide groups is 1. The van der Waals surface area contributed by atoms with Gasteiger partial charge in [0.25, 0.3) is 5.91 Å². The molecular formula is C25H19N3O4. The number of nitrogens with zero attached hydrogens (tertiary/aromatic N) is 3. The van der Waals surface area contributed by atoms with Crippen molar-refractivity contribution in [3.8, 4) is 11.8 Å². The molecule has 7 nitrogen and oxygen atoms in total. The Hall–Kier alpha value is -4.15. The molecule has 3 aromatic rings. The Morgan fingerprint density at radius 2 is 1.62 bits per heavy atom. The zero-order chi connectivity index (χ0) is 22.2. The second-order valence-corrected chi connectivity index (χ2v) is 7.61. The summed E-state index contributed by atoms with van der Waals surface area (Å²) in [5, 5.41) is 10.8. The number of nitriles is 1. The Morgan fingerprint density at radius 3 is 2.31 bits per heavy atom. The molecule has 158 valence electrons. The third-order valence-electron chi connectivity index (χ3n) is 5.82. The molecule has 0 spiro atoms. The number of para-hydroxylation sites is 1. The first-order valence-corrected chi connectivity index (χ1v) is 10.2. The summed E-state index contributed by atoms with van der Waals surface area (Å²) < 4.78 is 5.25. The summed E-state index contributed by atoms with van der Waals surface area (Å²) in [6, 6.07) is 24.8. The van der Waals surface area contributed by atoms with Crippen molar-refractivity contribution in [1.82, 2.24) is 0 Å². The first kappa shape index (κ1) is 19.8. The molecule has 0 N–H and O–H groups in total. The van der Waals surface area contributed by atoms with Gasteiger partial charge in [0.1, 0.15) is 11.7 Å². The predicted molar refractivity (Wildman–Crippen MR) is 117 cm³/mol. The molecule has 3 atom stereocenters. The van der Waals surface area contributed by atoms with E-state index in [0.717, 1.165) is 11.3 Å². The average molecular weight is 425 g/mol. The Balaban J connectivity index is 1.58. The van der Waals surface area contributed by atoms with Crippen molar-refractivity contribution < 1.29 is 19.2 Å². The number of fused-ring (bicyclic) bond motifs is 1. The number of methoxy groups -OCH3 is 1. The van der Waals surface area contributed by atoms with Crippen molar-refractivity contribution in [3.05, 3.63) is 90.0 Å². The molecule has 2 fully saturated rings. The third-order valence-corrected chi connectivity index (χ3v) is 5.82. The highest BCUT2D eigenvalue weighted by Crippen LogP contribution is 2.47. The molecule has 0 aliphatic carbocycles. The topological polar surface area (TPSA) is 82.9 Å². The molecular weight excluding hydrogens is 406 g/mol. The number of benzene rings is 3. The summed E-state index contributed by atoms with van der Waals surface area (Å²) >= 11 is 0. The SMILES string of the molecule is COc1cccc(N2C(=O)[C@H]3[C@H](ON(c4ccccc4)[C@@H]3c3ccc(C#N)cc3)C2=O)c1. The van der Waals surface area contributed by atoms with Crippen molar-refractivity contribution in [1.29, 1.82) is 5.26 Å². The van der Waals surface area contributed by atoms with Crippen LogP contribution in [0.4, 0.5) is 11.4 Å². The van der Waals surface area contributed by atoms with Gasteiger partial charge in [-0.25, -0.2) is 9.96 Å². The highest BCUT2D eigenvalue weighted by atomic mass is 16.7. The van der Waals surface area contributed by atoms with Gasteiger partial charge in [0.05, 0.1) is 36.2 Å². The zero-order valence-electron chi connectivity index (χ0n) is 17.2. The van der Waals surface area contributed by atoms with Gasteiger partial charge in [0.2, 0.25) is 5.91 Å². The van der Waals surface area contributed by atoms with E-state index in [9.17, 15) is 9.59 Å². The summed E-state index contributed by atoms with van der Waals surface area (Å²) in [4.78, 5) is 34.2. The van der Waals surface area contributed by atoms with Crippen LogP contribution < -0.4 is 14.7 Å². The van der Waals surface area contributed by atoms with Gasteiger partial charge in [-0.1, -0.05) is 36.4 Å². The maximum absolute atomic E-state index is 13.6. The van der Waals surface area contributed by atoms with Gasteiger partial charge >= 0.3 is 0 Å². The minimum atomic E-state index is -0.949. The number of anilines is 2. The second-order valence-electron chi connectivity index (χ2n) is 7.61. The van der Waals surface area contributed by atoms with Gasteiger partial charge in [0, 0.05) is 6.07 Å². The quantitative estimate of drug-likeness (QED) is 0.594. The Kier molecular flexibility index (Phi) is 4.85. The number of rotatable bonds is 4. The van der Waals surface area contributed by atoms with Gasteiger partial charge < -0.3 is 4.74 Å². The number of hydroxylamine groups is 1. The van der Waals surface area contributed by atoms with E-state index in [1.54, 1.807) is 53.6 Å². The fourth-order valence-electron chi connectivity index (χ4n) is 4.31. The van der Waals surface area contributed by atoms with E-state index in [4.69, 9.17) is 14.8 Å². The molecule has 2 heterocycles. The Bertz CT molecular complexity index is 1220. The van der Waals surface area contributed by atoms with Crippen molar-refractivity contribution in [2.45, 2.75) is 12.1 Å². The van der Waals surface area contributed by atoms with E-state index in [0.29, 0.717) is 17.0 Å². The summed E-state index contributed by atoms with van der Waals surface area (Å²) in [5.74, 6) is -0.927. The third kappa shape index (κ3) is 3.09. The Labute approximate surface area is 185 Å². The van der Waals surface area contributed by atoms with E-state index in [-0.39, 0.29) is 5.91 Å². The van der Waals surface area contributed by atoms with Gasteiger partial charge in [-0.2, -0.15) is 5.26 Å². The number of ether oxygens (including phenoxy) is 1. The van der Waals surface area contributed by atoms with E-state index in [2.05, 4.69) is 6.07 Å². The van der Waals surface area contributed by atoms with Gasteiger partial charge in [-0.05, 0) is 42.0 Å². The second kappa shape index (κ2) is 7.84. The van der Waals surface area contributed by atoms with Gasteiger partial charge in [-0.3, -0.25) is 14.4 Å². The van der Waals surface area contributed by atoms with Gasteiger partial charge in [-0.15, -0.1) is 0 Å². The fraction of sp³-hybridized carbons (Fsp3) is 0.160. The molecule has 0 unspecified atom stereocenters. The molecule has 32 heavy (non-hydrogen) atoms. The lowest BCUT2D eigenvalue weighted by Gasteiger charge is -2.28. The molecule has 2 saturated heterocycles. The van der Waals surface area contributed by atoms with E-state index in [1.807, 2.05) is 30.3 Å². The molecule has 2 aliphatic rings. The van der Waals surface area contributed by atoms with Crippen LogP contribution in [0.1, 0.15) is 17.2 Å². The van der Waals surface area contributed by atoms with Crippen molar-refractivity contribution in [2.24, 2.45) is 5.92 Å². The highest BCUT2D eigenvalue weighted by Gasteiger charge is 2.60. The number of hydrogen-bond acceptors (Lipinski definition) is 6. The first-order chi connectivity index (χ1) is 15.6. The molecule has 2 amide bonds. The van der Waals surface area contributed by atoms with Crippen molar-refractivity contribution in [3.63, 3.8) is 0 Å². The van der Waals surface area contributed by atoms with Crippen molar-refractivity contribution >= 4 is 23.2 Å². The standard InChI is InChI=1S/C25H19N3O4/c1-31-20-9-5-8-19(14-20)27-24(29)21-22(17-12-10-16(15-26)11-13-17)28(32-23(21)25(27)30)18-6-3-2-4-7-18/h2-14,21-23H,1H3/t21-,22-,23+/m1/s1. The maximum atomic E-state index is 13.6. The molecule has 5 rings (SSSR count). The summed E-state index contributed by atoms with van der Waals surface area (Å²) in [6.45, 7) is 0. The van der Waals surface area contributed by atoms with Crippen LogP contribution in [-0.4, -0.2) is 25.0 Å². The van der Waals surface area contributed by atoms with Crippen molar-refractivity contribution in [2.75, 3.05) is 17.1 Å². The molecule has 0 saturated carbocycles. The first-order valence-electron chi connectivity index (χ1n) is 10.2. The number of carbonyl (C=O) groups excluding carboxylic acids is 2. The lowest BCUT2D eigenvalue weighted by molar-refractivity contribution is -0.126. The largest absolute Gasteiger partial charge is 0.497 e. The van der Waals surface area contributed by atoms with Crippen LogP contribution in [0.25, 0.3) is 0 Å². The van der Waals surface area contributed by atoms with Crippen LogP contribution in [0.2, 0.25) is 0 Å². The molecule has 0 bridgehead atoms. The van der Waals surface area contributed by atoms with Crippen LogP contribution in [0, 0.1) is 17.2 Å². The predicted octanol–water partition coefficient (Wildman–Crippen LogP) is 3.62. The number of amides is 2. The molecule has 7 heteroatoms. The van der Waals surface area contributed by atoms with Crippen LogP contribution in [0.5, 0.6) is 5.75 Å². The smallest absolute Gasteiger partial charge is 0.266 e. The van der Waals surface area contributed by atoms with Gasteiger partial charge in [0.15, 0.2) is 6.10 Å². The molecule has 2 aliphatic heterocycles. The normalized spacial score (nSPS) is 22.1. The summed E-state index contributed by atoms with van der Waals surface area (Å²) in [5.41, 5.74) is 2.49. The summed E-state index contributed by atoms with van der Waals surface area (Å²) in [7, 11) is 1.53.